The third-order valence-corrected chi connectivity index (χ3v) is 5.43. The molecule has 0 atom stereocenters. The predicted octanol–water partition coefficient (Wildman–Crippen LogP) is 8.77. The summed E-state index contributed by atoms with van der Waals surface area (Å²) >= 11 is 1.94. The summed E-state index contributed by atoms with van der Waals surface area (Å²) in [6.45, 7) is 20.4. The van der Waals surface area contributed by atoms with Gasteiger partial charge < -0.3 is 19.7 Å². The van der Waals surface area contributed by atoms with E-state index in [1.165, 1.54) is 0 Å². The molecule has 0 radical (unpaired) electrons. The van der Waals surface area contributed by atoms with Crippen LogP contribution in [0.2, 0.25) is 0 Å². The molecule has 0 saturated heterocycles. The van der Waals surface area contributed by atoms with Gasteiger partial charge in [0.15, 0.2) is 0 Å². The molecule has 0 aliphatic rings. The second kappa shape index (κ2) is 17.7. The van der Waals surface area contributed by atoms with Gasteiger partial charge in [0, 0.05) is 11.1 Å². The number of furan rings is 1. The van der Waals surface area contributed by atoms with Gasteiger partial charge in [-0.15, -0.1) is 24.8 Å². The van der Waals surface area contributed by atoms with Crippen LogP contribution >= 0.6 is 24.8 Å². The number of ether oxygens (including phenoxy) is 2. The molecule has 0 bridgehead atoms. The number of phenols is 2. The average Bonchev–Trinajstić information content (AvgIpc) is 3.29. The number of aromatic hydroxyl groups is 2. The van der Waals surface area contributed by atoms with Crippen molar-refractivity contribution in [1.82, 2.24) is 0 Å². The maximum absolute atomic E-state index is 9.75. The summed E-state index contributed by atoms with van der Waals surface area (Å²) in [7, 11) is 0. The van der Waals surface area contributed by atoms with E-state index in [9.17, 15) is 10.2 Å². The second-order valence-corrected chi connectivity index (χ2v) is 11.8. The van der Waals surface area contributed by atoms with Gasteiger partial charge in [-0.05, 0) is 74.9 Å². The molecule has 2 aromatic carbocycles. The SMILES string of the molecule is CC(C)Oc1ccc(O)c(C(C)(C)C)c1.CC(C)Oc1ccc(O)c(C(C)(C)C)c1.Cl.Cl.[Ti]=[CH]c1ccco1. The van der Waals surface area contributed by atoms with Gasteiger partial charge in [-0.3, -0.25) is 0 Å². The molecular weight excluding hydrogens is 571 g/mol. The van der Waals surface area contributed by atoms with E-state index in [-0.39, 0.29) is 47.9 Å². The summed E-state index contributed by atoms with van der Waals surface area (Å²) in [6.07, 6.45) is 1.97. The van der Waals surface area contributed by atoms with Crippen molar-refractivity contribution in [1.29, 1.82) is 0 Å². The summed E-state index contributed by atoms with van der Waals surface area (Å²) in [6, 6.07) is 14.6. The topological polar surface area (TPSA) is 72.1 Å². The van der Waals surface area contributed by atoms with Crippen LogP contribution in [-0.4, -0.2) is 26.7 Å². The van der Waals surface area contributed by atoms with E-state index in [2.05, 4.69) is 41.5 Å². The van der Waals surface area contributed by atoms with Gasteiger partial charge in [0.25, 0.3) is 0 Å². The minimum absolute atomic E-state index is 0. The van der Waals surface area contributed by atoms with Crippen LogP contribution in [0.25, 0.3) is 0 Å². The molecule has 1 aromatic heterocycles. The Morgan fingerprint density at radius 3 is 1.33 bits per heavy atom. The normalized spacial score (nSPS) is 10.6. The third-order valence-electron chi connectivity index (χ3n) is 4.98. The Kier molecular flexibility index (Phi) is 17.8. The van der Waals surface area contributed by atoms with Crippen LogP contribution in [0.15, 0.2) is 59.2 Å². The Morgan fingerprint density at radius 1 is 0.718 bits per heavy atom. The molecule has 0 aliphatic heterocycles. The molecule has 0 amide bonds. The molecule has 0 saturated carbocycles. The number of hydrogen-bond acceptors (Lipinski definition) is 5. The van der Waals surface area contributed by atoms with Crippen molar-refractivity contribution < 1.29 is 44.1 Å². The fourth-order valence-electron chi connectivity index (χ4n) is 3.30. The van der Waals surface area contributed by atoms with Crippen LogP contribution in [0.4, 0.5) is 0 Å². The van der Waals surface area contributed by atoms with Crippen LogP contribution in [0, 0.1) is 0 Å². The van der Waals surface area contributed by atoms with Crippen molar-refractivity contribution in [3.8, 4) is 23.0 Å². The van der Waals surface area contributed by atoms with Crippen molar-refractivity contribution in [2.24, 2.45) is 0 Å². The molecule has 0 unspecified atom stereocenters. The number of rotatable bonds is 5. The summed E-state index contributed by atoms with van der Waals surface area (Å²) in [4.78, 5) is 0. The maximum atomic E-state index is 9.75. The molecular formula is C31H46Cl2O5Ti. The summed E-state index contributed by atoms with van der Waals surface area (Å²) in [5.74, 6) is 3.22. The van der Waals surface area contributed by atoms with Crippen molar-refractivity contribution in [3.05, 3.63) is 71.7 Å². The van der Waals surface area contributed by atoms with E-state index in [1.54, 1.807) is 30.5 Å². The summed E-state index contributed by atoms with van der Waals surface area (Å²) in [5, 5.41) is 19.5. The van der Waals surface area contributed by atoms with E-state index in [4.69, 9.17) is 13.9 Å². The molecule has 1 heterocycles. The van der Waals surface area contributed by atoms with Crippen molar-refractivity contribution >= 4 is 29.1 Å². The van der Waals surface area contributed by atoms with Crippen LogP contribution in [0.3, 0.4) is 0 Å². The van der Waals surface area contributed by atoms with Crippen molar-refractivity contribution in [3.63, 3.8) is 0 Å². The van der Waals surface area contributed by atoms with Crippen LogP contribution in [0.5, 0.6) is 23.0 Å². The summed E-state index contributed by atoms with van der Waals surface area (Å²) < 4.78 is 18.0. The van der Waals surface area contributed by atoms with Gasteiger partial charge in [-0.1, -0.05) is 41.5 Å². The standard InChI is InChI=1S/2C13H20O2.C5H4O.2ClH.Ti/c2*1-9(2)15-10-6-7-12(14)11(8-10)13(3,4)5;1-5-3-2-4-6-5;;;/h2*6-9,14H,1-5H3;1-4H;2*1H;. The fourth-order valence-corrected chi connectivity index (χ4v) is 3.55. The number of halogens is 2. The molecule has 8 heteroatoms. The van der Waals surface area contributed by atoms with Crippen molar-refractivity contribution in [2.75, 3.05) is 0 Å². The second-order valence-electron chi connectivity index (χ2n) is 11.4. The third kappa shape index (κ3) is 14.9. The molecule has 0 fully saturated rings. The average molecular weight is 617 g/mol. The monoisotopic (exact) mass is 616 g/mol. The van der Waals surface area contributed by atoms with Gasteiger partial charge in [0.2, 0.25) is 0 Å². The Labute approximate surface area is 259 Å². The first-order valence-electron chi connectivity index (χ1n) is 12.6. The Bertz CT molecular complexity index is 1030. The molecule has 5 nitrogen and oxygen atoms in total. The van der Waals surface area contributed by atoms with Crippen LogP contribution in [0.1, 0.15) is 86.1 Å². The fraction of sp³-hybridized carbons (Fsp3) is 0.452. The zero-order valence-electron chi connectivity index (χ0n) is 24.9. The first-order chi connectivity index (χ1) is 17.0. The van der Waals surface area contributed by atoms with Crippen LogP contribution < -0.4 is 9.47 Å². The quantitative estimate of drug-likeness (QED) is 0.280. The zero-order valence-corrected chi connectivity index (χ0v) is 28.1. The molecule has 0 aliphatic carbocycles. The van der Waals surface area contributed by atoms with Gasteiger partial charge in [-0.25, -0.2) is 0 Å². The van der Waals surface area contributed by atoms with E-state index >= 15 is 0 Å². The van der Waals surface area contributed by atoms with E-state index in [0.717, 1.165) is 28.4 Å². The number of phenolic OH excluding ortho intramolecular Hbond substituents is 2. The number of hydrogen-bond donors (Lipinski definition) is 2. The first-order valence-corrected chi connectivity index (χ1v) is 13.5. The van der Waals surface area contributed by atoms with Crippen LogP contribution in [-0.2, 0) is 30.8 Å². The van der Waals surface area contributed by atoms with Crippen molar-refractivity contribution in [2.45, 2.75) is 92.3 Å². The van der Waals surface area contributed by atoms with E-state index < -0.39 is 0 Å². The predicted molar refractivity (Wildman–Crippen MR) is 164 cm³/mol. The minimum atomic E-state index is -0.0690. The first kappa shape index (κ1) is 39.2. The van der Waals surface area contributed by atoms with Gasteiger partial charge >= 0.3 is 52.9 Å². The summed E-state index contributed by atoms with van der Waals surface area (Å²) in [5.41, 5.74) is 1.70. The van der Waals surface area contributed by atoms with E-state index in [0.29, 0.717) is 11.5 Å². The Balaban J connectivity index is 0. The Morgan fingerprint density at radius 2 is 1.10 bits per heavy atom. The molecule has 0 spiro atoms. The zero-order chi connectivity index (χ0) is 28.4. The molecule has 3 rings (SSSR count). The molecule has 3 aromatic rings. The van der Waals surface area contributed by atoms with Gasteiger partial charge in [0.05, 0.1) is 12.2 Å². The van der Waals surface area contributed by atoms with E-state index in [1.807, 2.05) is 76.2 Å². The number of benzene rings is 2. The van der Waals surface area contributed by atoms with Gasteiger partial charge in [-0.2, -0.15) is 0 Å². The van der Waals surface area contributed by atoms with Gasteiger partial charge in [0.1, 0.15) is 23.0 Å². The Hall–Kier alpha value is -1.92. The molecule has 2 N–H and O–H groups in total. The molecule has 39 heavy (non-hydrogen) atoms. The molecule has 218 valence electrons.